The highest BCUT2D eigenvalue weighted by Gasteiger charge is 2.01. The second-order valence-electron chi connectivity index (χ2n) is 1.89. The summed E-state index contributed by atoms with van der Waals surface area (Å²) in [4.78, 5) is 10.4. The van der Waals surface area contributed by atoms with E-state index in [1.54, 1.807) is 6.07 Å². The maximum atomic E-state index is 10.4. The average Bonchev–Trinajstić information content (AvgIpc) is 2.15. The summed E-state index contributed by atoms with van der Waals surface area (Å²) in [7, 11) is 0. The fourth-order valence-corrected chi connectivity index (χ4v) is 0.581. The highest BCUT2D eigenvalue weighted by molar-refractivity contribution is 5.89. The quantitative estimate of drug-likeness (QED) is 0.606. The molecule has 0 fully saturated rings. The first-order chi connectivity index (χ1) is 4.70. The lowest BCUT2D eigenvalue weighted by Gasteiger charge is -1.95. The van der Waals surface area contributed by atoms with Gasteiger partial charge in [-0.15, -0.1) is 0 Å². The molecule has 1 aromatic heterocycles. The van der Waals surface area contributed by atoms with Gasteiger partial charge in [-0.1, -0.05) is 0 Å². The van der Waals surface area contributed by atoms with Crippen molar-refractivity contribution >= 4 is 17.5 Å². The molecule has 0 aliphatic heterocycles. The molecule has 54 valence electrons. The number of anilines is 2. The summed E-state index contributed by atoms with van der Waals surface area (Å²) in [5.41, 5.74) is 5.82. The molecule has 1 amide bonds. The zero-order chi connectivity index (χ0) is 7.56. The Kier molecular flexibility index (Phi) is 1.62. The highest BCUT2D eigenvalue weighted by atomic mass is 16.3. The number of carbonyl (C=O) groups excluding carboxylic acids is 1. The molecule has 3 N–H and O–H groups in total. The summed E-state index contributed by atoms with van der Waals surface area (Å²) in [5.74, 6) is 0.120. The number of hydrogen-bond donors (Lipinski definition) is 2. The zero-order valence-electron chi connectivity index (χ0n) is 5.55. The van der Waals surface area contributed by atoms with Crippen molar-refractivity contribution in [2.45, 2.75) is 6.92 Å². The van der Waals surface area contributed by atoms with Crippen LogP contribution in [0.3, 0.4) is 0 Å². The normalized spacial score (nSPS) is 9.30. The Morgan fingerprint density at radius 2 is 2.50 bits per heavy atom. The Bertz CT molecular complexity index is 242. The molecule has 0 radical (unpaired) electrons. The Labute approximate surface area is 58.0 Å². The van der Waals surface area contributed by atoms with Gasteiger partial charge in [-0.25, -0.2) is 0 Å². The number of nitrogen functional groups attached to an aromatic ring is 1. The molecule has 0 unspecified atom stereocenters. The van der Waals surface area contributed by atoms with E-state index >= 15 is 0 Å². The second-order valence-corrected chi connectivity index (χ2v) is 1.89. The Morgan fingerprint density at radius 3 is 2.90 bits per heavy atom. The van der Waals surface area contributed by atoms with Crippen LogP contribution in [0.5, 0.6) is 0 Å². The van der Waals surface area contributed by atoms with E-state index in [9.17, 15) is 4.79 Å². The topological polar surface area (TPSA) is 68.3 Å². The second kappa shape index (κ2) is 2.43. The number of nitrogens with two attached hydrogens (primary N) is 1. The molecule has 1 aromatic rings. The van der Waals surface area contributed by atoms with Crippen LogP contribution in [0.1, 0.15) is 6.92 Å². The van der Waals surface area contributed by atoms with Crippen molar-refractivity contribution in [1.82, 2.24) is 0 Å². The molecular formula is C6H8N2O2. The van der Waals surface area contributed by atoms with Gasteiger partial charge in [-0.2, -0.15) is 0 Å². The zero-order valence-corrected chi connectivity index (χ0v) is 5.55. The molecule has 0 aromatic carbocycles. The number of hydrogen-bond acceptors (Lipinski definition) is 3. The lowest BCUT2D eigenvalue weighted by molar-refractivity contribution is -0.114. The van der Waals surface area contributed by atoms with E-state index in [1.807, 2.05) is 0 Å². The van der Waals surface area contributed by atoms with Gasteiger partial charge in [0.15, 0.2) is 0 Å². The van der Waals surface area contributed by atoms with Crippen LogP contribution in [0.2, 0.25) is 0 Å². The number of amides is 1. The van der Waals surface area contributed by atoms with Crippen LogP contribution >= 0.6 is 0 Å². The van der Waals surface area contributed by atoms with Gasteiger partial charge in [0, 0.05) is 13.0 Å². The van der Waals surface area contributed by atoms with Crippen LogP contribution in [-0.4, -0.2) is 5.91 Å². The Morgan fingerprint density at radius 1 is 1.80 bits per heavy atom. The van der Waals surface area contributed by atoms with Crippen molar-refractivity contribution in [1.29, 1.82) is 0 Å². The van der Waals surface area contributed by atoms with E-state index in [-0.39, 0.29) is 5.91 Å². The van der Waals surface area contributed by atoms with Gasteiger partial charge in [-0.05, 0) is 0 Å². The van der Waals surface area contributed by atoms with Crippen LogP contribution in [0.4, 0.5) is 11.6 Å². The average molecular weight is 140 g/mol. The van der Waals surface area contributed by atoms with Gasteiger partial charge >= 0.3 is 0 Å². The molecule has 4 nitrogen and oxygen atoms in total. The first kappa shape index (κ1) is 6.67. The maximum absolute atomic E-state index is 10.4. The molecule has 4 heteroatoms. The monoisotopic (exact) mass is 140 g/mol. The minimum absolute atomic E-state index is 0.193. The molecule has 0 spiro atoms. The number of furan rings is 1. The fraction of sp³-hybridized carbons (Fsp3) is 0.167. The number of nitrogens with one attached hydrogen (secondary N) is 1. The maximum Gasteiger partial charge on any atom is 0.223 e. The third kappa shape index (κ3) is 1.28. The van der Waals surface area contributed by atoms with E-state index in [4.69, 9.17) is 10.2 Å². The smallest absolute Gasteiger partial charge is 0.223 e. The lowest BCUT2D eigenvalue weighted by atomic mass is 10.5. The van der Waals surface area contributed by atoms with Gasteiger partial charge in [0.2, 0.25) is 11.8 Å². The van der Waals surface area contributed by atoms with Crippen LogP contribution in [0.25, 0.3) is 0 Å². The highest BCUT2D eigenvalue weighted by Crippen LogP contribution is 2.17. The lowest BCUT2D eigenvalue weighted by Crippen LogP contribution is -2.06. The fourth-order valence-electron chi connectivity index (χ4n) is 0.581. The van der Waals surface area contributed by atoms with E-state index < -0.39 is 0 Å². The molecule has 0 atom stereocenters. The molecule has 1 heterocycles. The van der Waals surface area contributed by atoms with Gasteiger partial charge < -0.3 is 10.2 Å². The molecule has 0 aliphatic rings. The third-order valence-corrected chi connectivity index (χ3v) is 0.985. The van der Waals surface area contributed by atoms with Gasteiger partial charge in [0.1, 0.15) is 0 Å². The largest absolute Gasteiger partial charge is 0.446 e. The molecule has 0 saturated carbocycles. The van der Waals surface area contributed by atoms with Crippen molar-refractivity contribution in [3.05, 3.63) is 12.3 Å². The van der Waals surface area contributed by atoms with Gasteiger partial charge in [0.05, 0.1) is 12.0 Å². The Balaban J connectivity index is 2.74. The standard InChI is InChI=1S/C6H8N2O2/c1-4(9)8-6-5(7)2-3-10-6/h2-3H,7H2,1H3,(H,8,9). The molecule has 0 aliphatic carbocycles. The number of rotatable bonds is 1. The predicted octanol–water partition coefficient (Wildman–Crippen LogP) is 0.820. The van der Waals surface area contributed by atoms with E-state index in [2.05, 4.69) is 5.32 Å². The minimum Gasteiger partial charge on any atom is -0.446 e. The van der Waals surface area contributed by atoms with Crippen LogP contribution < -0.4 is 11.1 Å². The van der Waals surface area contributed by atoms with Crippen molar-refractivity contribution in [3.8, 4) is 0 Å². The van der Waals surface area contributed by atoms with E-state index in [0.717, 1.165) is 0 Å². The SMILES string of the molecule is CC(=O)Nc1occc1N. The molecule has 10 heavy (non-hydrogen) atoms. The minimum atomic E-state index is -0.193. The van der Waals surface area contributed by atoms with E-state index in [1.165, 1.54) is 13.2 Å². The molecule has 0 bridgehead atoms. The van der Waals surface area contributed by atoms with Crippen molar-refractivity contribution < 1.29 is 9.21 Å². The van der Waals surface area contributed by atoms with Crippen molar-refractivity contribution in [3.63, 3.8) is 0 Å². The molecule has 1 rings (SSSR count). The van der Waals surface area contributed by atoms with Crippen LogP contribution in [0, 0.1) is 0 Å². The summed E-state index contributed by atoms with van der Waals surface area (Å²) in [6.45, 7) is 1.39. The van der Waals surface area contributed by atoms with Gasteiger partial charge in [0.25, 0.3) is 0 Å². The summed E-state index contributed by atoms with van der Waals surface area (Å²) in [6, 6.07) is 1.57. The number of carbonyl (C=O) groups is 1. The van der Waals surface area contributed by atoms with Crippen molar-refractivity contribution in [2.75, 3.05) is 11.1 Å². The van der Waals surface area contributed by atoms with E-state index in [0.29, 0.717) is 11.6 Å². The Hall–Kier alpha value is -1.45. The van der Waals surface area contributed by atoms with Crippen LogP contribution in [-0.2, 0) is 4.79 Å². The summed E-state index contributed by atoms with van der Waals surface area (Å²) in [5, 5.41) is 2.42. The summed E-state index contributed by atoms with van der Waals surface area (Å²) >= 11 is 0. The third-order valence-electron chi connectivity index (χ3n) is 0.985. The van der Waals surface area contributed by atoms with Crippen LogP contribution in [0.15, 0.2) is 16.7 Å². The molecule has 0 saturated heterocycles. The van der Waals surface area contributed by atoms with Gasteiger partial charge in [-0.3, -0.25) is 10.1 Å². The first-order valence-electron chi connectivity index (χ1n) is 2.80. The summed E-state index contributed by atoms with van der Waals surface area (Å²) < 4.78 is 4.82. The summed E-state index contributed by atoms with van der Waals surface area (Å²) in [6.07, 6.45) is 1.42. The van der Waals surface area contributed by atoms with Crippen molar-refractivity contribution in [2.24, 2.45) is 0 Å². The first-order valence-corrected chi connectivity index (χ1v) is 2.80. The molecular weight excluding hydrogens is 132 g/mol. The predicted molar refractivity (Wildman–Crippen MR) is 37.4 cm³/mol.